The molecule has 126 valence electrons. The third-order valence-electron chi connectivity index (χ3n) is 6.35. The van der Waals surface area contributed by atoms with Crippen LogP contribution in [-0.2, 0) is 6.54 Å². The zero-order valence-corrected chi connectivity index (χ0v) is 14.2. The number of hydrogen-bond donors (Lipinski definition) is 2. The third kappa shape index (κ3) is 3.62. The van der Waals surface area contributed by atoms with Gasteiger partial charge < -0.3 is 11.1 Å². The van der Waals surface area contributed by atoms with Crippen LogP contribution in [0.5, 0.6) is 0 Å². The second-order valence-electron chi connectivity index (χ2n) is 8.08. The summed E-state index contributed by atoms with van der Waals surface area (Å²) in [5.41, 5.74) is 7.62. The van der Waals surface area contributed by atoms with Crippen LogP contribution in [0.3, 0.4) is 0 Å². The van der Waals surface area contributed by atoms with Gasteiger partial charge in [0.2, 0.25) is 0 Å². The van der Waals surface area contributed by atoms with Gasteiger partial charge in [-0.2, -0.15) is 0 Å². The van der Waals surface area contributed by atoms with Gasteiger partial charge >= 0.3 is 0 Å². The molecular formula is C20H31N3. The van der Waals surface area contributed by atoms with Crippen molar-refractivity contribution in [3.63, 3.8) is 0 Å². The summed E-state index contributed by atoms with van der Waals surface area (Å²) < 4.78 is 0. The van der Waals surface area contributed by atoms with E-state index in [1.54, 1.807) is 0 Å². The van der Waals surface area contributed by atoms with Gasteiger partial charge in [-0.15, -0.1) is 0 Å². The molecular weight excluding hydrogens is 282 g/mol. The fourth-order valence-electron chi connectivity index (χ4n) is 5.22. The molecule has 23 heavy (non-hydrogen) atoms. The molecule has 3 heteroatoms. The van der Waals surface area contributed by atoms with E-state index in [9.17, 15) is 0 Å². The van der Waals surface area contributed by atoms with Crippen molar-refractivity contribution in [1.29, 1.82) is 0 Å². The van der Waals surface area contributed by atoms with Crippen LogP contribution < -0.4 is 11.1 Å². The Labute approximate surface area is 140 Å². The molecule has 1 aromatic carbocycles. The summed E-state index contributed by atoms with van der Waals surface area (Å²) in [6.45, 7) is 3.69. The number of nitrogens with two attached hydrogens (primary N) is 1. The van der Waals surface area contributed by atoms with Crippen LogP contribution in [0.1, 0.15) is 44.1 Å². The summed E-state index contributed by atoms with van der Waals surface area (Å²) in [5.74, 6) is 1.77. The van der Waals surface area contributed by atoms with Gasteiger partial charge in [-0.05, 0) is 49.5 Å². The Balaban J connectivity index is 1.32. The molecule has 3 N–H and O–H groups in total. The van der Waals surface area contributed by atoms with E-state index in [0.29, 0.717) is 12.1 Å². The topological polar surface area (TPSA) is 41.3 Å². The lowest BCUT2D eigenvalue weighted by Gasteiger charge is -2.32. The monoisotopic (exact) mass is 313 g/mol. The van der Waals surface area contributed by atoms with E-state index in [1.165, 1.54) is 57.2 Å². The Kier molecular flexibility index (Phi) is 4.70. The number of likely N-dealkylation sites (tertiary alicyclic amines) is 1. The fourth-order valence-corrected chi connectivity index (χ4v) is 5.22. The van der Waals surface area contributed by atoms with E-state index in [4.69, 9.17) is 5.73 Å². The summed E-state index contributed by atoms with van der Waals surface area (Å²) in [4.78, 5) is 2.67. The van der Waals surface area contributed by atoms with Gasteiger partial charge in [0.1, 0.15) is 0 Å². The minimum Gasteiger partial charge on any atom is -0.328 e. The first-order chi connectivity index (χ1) is 11.3. The highest BCUT2D eigenvalue weighted by Gasteiger charge is 2.43. The molecule has 3 fully saturated rings. The lowest BCUT2D eigenvalue weighted by Crippen LogP contribution is -2.46. The minimum atomic E-state index is 0.427. The van der Waals surface area contributed by atoms with Crippen molar-refractivity contribution < 1.29 is 0 Å². The second kappa shape index (κ2) is 6.92. The quantitative estimate of drug-likeness (QED) is 0.898. The zero-order chi connectivity index (χ0) is 15.6. The molecule has 3 aliphatic rings. The molecule has 1 heterocycles. The van der Waals surface area contributed by atoms with Crippen molar-refractivity contribution in [2.24, 2.45) is 17.6 Å². The maximum absolute atomic E-state index is 6.17. The van der Waals surface area contributed by atoms with Gasteiger partial charge in [-0.25, -0.2) is 0 Å². The predicted octanol–water partition coefficient (Wildman–Crippen LogP) is 2.76. The van der Waals surface area contributed by atoms with Gasteiger partial charge in [0, 0.05) is 37.8 Å². The third-order valence-corrected chi connectivity index (χ3v) is 6.35. The number of hydrogen-bond acceptors (Lipinski definition) is 3. The van der Waals surface area contributed by atoms with Gasteiger partial charge in [-0.1, -0.05) is 36.8 Å². The van der Waals surface area contributed by atoms with E-state index in [2.05, 4.69) is 40.5 Å². The van der Waals surface area contributed by atoms with Crippen molar-refractivity contribution >= 4 is 0 Å². The van der Waals surface area contributed by atoms with Crippen molar-refractivity contribution in [3.05, 3.63) is 35.9 Å². The largest absolute Gasteiger partial charge is 0.328 e. The van der Waals surface area contributed by atoms with Crippen molar-refractivity contribution in [2.75, 3.05) is 13.1 Å². The molecule has 0 amide bonds. The summed E-state index contributed by atoms with van der Waals surface area (Å²) in [6.07, 6.45) is 7.82. The SMILES string of the molecule is NC1CCCC(NC2CCC3CN(Cc4ccccc4)CC32)C1. The van der Waals surface area contributed by atoms with E-state index in [0.717, 1.165) is 24.4 Å². The standard InChI is InChI=1S/C20H31N3/c21-17-7-4-8-18(11-17)22-20-10-9-16-13-23(14-19(16)20)12-15-5-2-1-3-6-15/h1-3,5-6,16-20,22H,4,7-14,21H2. The molecule has 5 atom stereocenters. The van der Waals surface area contributed by atoms with Crippen LogP contribution in [-0.4, -0.2) is 36.1 Å². The molecule has 5 unspecified atom stereocenters. The average molecular weight is 313 g/mol. The average Bonchev–Trinajstić information content (AvgIpc) is 3.10. The first-order valence-corrected chi connectivity index (χ1v) is 9.56. The fraction of sp³-hybridized carbons (Fsp3) is 0.700. The van der Waals surface area contributed by atoms with Crippen LogP contribution in [0.2, 0.25) is 0 Å². The Bertz CT molecular complexity index is 503. The van der Waals surface area contributed by atoms with Gasteiger partial charge in [0.15, 0.2) is 0 Å². The van der Waals surface area contributed by atoms with E-state index < -0.39 is 0 Å². The first-order valence-electron chi connectivity index (χ1n) is 9.56. The van der Waals surface area contributed by atoms with Gasteiger partial charge in [0.25, 0.3) is 0 Å². The molecule has 0 spiro atoms. The molecule has 2 saturated carbocycles. The first kappa shape index (κ1) is 15.6. The number of rotatable bonds is 4. The highest BCUT2D eigenvalue weighted by molar-refractivity contribution is 5.15. The summed E-state index contributed by atoms with van der Waals surface area (Å²) >= 11 is 0. The zero-order valence-electron chi connectivity index (χ0n) is 14.2. The highest BCUT2D eigenvalue weighted by atomic mass is 15.2. The number of nitrogens with one attached hydrogen (secondary N) is 1. The molecule has 1 aliphatic heterocycles. The molecule has 1 aromatic rings. The predicted molar refractivity (Wildman–Crippen MR) is 95.1 cm³/mol. The Morgan fingerprint density at radius 3 is 2.74 bits per heavy atom. The lowest BCUT2D eigenvalue weighted by molar-refractivity contribution is 0.258. The maximum atomic E-state index is 6.17. The molecule has 4 rings (SSSR count). The van der Waals surface area contributed by atoms with Crippen LogP contribution in [0.4, 0.5) is 0 Å². The highest BCUT2D eigenvalue weighted by Crippen LogP contribution is 2.39. The summed E-state index contributed by atoms with van der Waals surface area (Å²) in [5, 5.41) is 4.00. The van der Waals surface area contributed by atoms with E-state index in [-0.39, 0.29) is 0 Å². The van der Waals surface area contributed by atoms with Crippen molar-refractivity contribution in [2.45, 2.75) is 63.2 Å². The Morgan fingerprint density at radius 2 is 1.91 bits per heavy atom. The number of nitrogens with zero attached hydrogens (tertiary/aromatic N) is 1. The summed E-state index contributed by atoms with van der Waals surface area (Å²) in [7, 11) is 0. The van der Waals surface area contributed by atoms with E-state index in [1.807, 2.05) is 0 Å². The van der Waals surface area contributed by atoms with Crippen LogP contribution in [0.15, 0.2) is 30.3 Å². The Morgan fingerprint density at radius 1 is 1.04 bits per heavy atom. The number of fused-ring (bicyclic) bond motifs is 1. The lowest BCUT2D eigenvalue weighted by atomic mass is 9.90. The molecule has 0 bridgehead atoms. The molecule has 0 radical (unpaired) electrons. The smallest absolute Gasteiger partial charge is 0.0233 e. The number of benzene rings is 1. The van der Waals surface area contributed by atoms with Crippen LogP contribution >= 0.6 is 0 Å². The van der Waals surface area contributed by atoms with Crippen molar-refractivity contribution in [3.8, 4) is 0 Å². The molecule has 2 aliphatic carbocycles. The minimum absolute atomic E-state index is 0.427. The van der Waals surface area contributed by atoms with Crippen LogP contribution in [0, 0.1) is 11.8 Å². The van der Waals surface area contributed by atoms with E-state index >= 15 is 0 Å². The molecule has 1 saturated heterocycles. The van der Waals surface area contributed by atoms with Crippen molar-refractivity contribution in [1.82, 2.24) is 10.2 Å². The Hall–Kier alpha value is -0.900. The van der Waals surface area contributed by atoms with Gasteiger partial charge in [0.05, 0.1) is 0 Å². The molecule has 0 aromatic heterocycles. The molecule has 3 nitrogen and oxygen atoms in total. The van der Waals surface area contributed by atoms with Crippen LogP contribution in [0.25, 0.3) is 0 Å². The maximum Gasteiger partial charge on any atom is 0.0233 e. The van der Waals surface area contributed by atoms with Gasteiger partial charge in [-0.3, -0.25) is 4.90 Å². The summed E-state index contributed by atoms with van der Waals surface area (Å²) in [6, 6.07) is 12.8. The second-order valence-corrected chi connectivity index (χ2v) is 8.08. The normalized spacial score (nSPS) is 37.9.